The standard InChI is InChI=1S/C17H16N4O3/c1-13-6-7-15(21(23)24)11-16(13)17(22)20(10-4-8-18)12-14-5-2-3-9-19-14/h2-3,5-7,9,11H,4,10,12H2,1H3. The Morgan fingerprint density at radius 1 is 1.38 bits per heavy atom. The summed E-state index contributed by atoms with van der Waals surface area (Å²) >= 11 is 0. The molecular weight excluding hydrogens is 308 g/mol. The van der Waals surface area contributed by atoms with Crippen molar-refractivity contribution in [3.8, 4) is 6.07 Å². The second-order valence-corrected chi connectivity index (χ2v) is 5.21. The first kappa shape index (κ1) is 17.1. The topological polar surface area (TPSA) is 100 Å². The van der Waals surface area contributed by atoms with Gasteiger partial charge in [-0.15, -0.1) is 0 Å². The maximum atomic E-state index is 12.8. The average Bonchev–Trinajstić information content (AvgIpc) is 2.59. The van der Waals surface area contributed by atoms with Crippen molar-refractivity contribution in [1.29, 1.82) is 5.26 Å². The third kappa shape index (κ3) is 4.14. The largest absolute Gasteiger partial charge is 0.332 e. The molecule has 1 aromatic heterocycles. The van der Waals surface area contributed by atoms with Gasteiger partial charge in [-0.25, -0.2) is 0 Å². The van der Waals surface area contributed by atoms with Crippen LogP contribution in [0.5, 0.6) is 0 Å². The Labute approximate surface area is 139 Å². The molecule has 24 heavy (non-hydrogen) atoms. The zero-order valence-electron chi connectivity index (χ0n) is 13.2. The summed E-state index contributed by atoms with van der Waals surface area (Å²) in [5.41, 5.74) is 1.46. The Hall–Kier alpha value is -3.27. The molecule has 1 amide bonds. The number of non-ortho nitro benzene ring substituents is 1. The lowest BCUT2D eigenvalue weighted by Crippen LogP contribution is -2.32. The van der Waals surface area contributed by atoms with E-state index in [-0.39, 0.29) is 36.7 Å². The highest BCUT2D eigenvalue weighted by molar-refractivity contribution is 5.96. The van der Waals surface area contributed by atoms with Crippen LogP contribution < -0.4 is 0 Å². The van der Waals surface area contributed by atoms with Crippen molar-refractivity contribution >= 4 is 11.6 Å². The molecular formula is C17H16N4O3. The van der Waals surface area contributed by atoms with Crippen molar-refractivity contribution in [2.24, 2.45) is 0 Å². The van der Waals surface area contributed by atoms with E-state index in [1.54, 1.807) is 31.3 Å². The maximum absolute atomic E-state index is 12.8. The van der Waals surface area contributed by atoms with Gasteiger partial charge in [0.1, 0.15) is 0 Å². The van der Waals surface area contributed by atoms with Crippen LogP contribution in [-0.2, 0) is 6.54 Å². The number of nitriles is 1. The SMILES string of the molecule is Cc1ccc([N+](=O)[O-])cc1C(=O)N(CCC#N)Cc1ccccn1. The lowest BCUT2D eigenvalue weighted by molar-refractivity contribution is -0.384. The number of pyridine rings is 1. The molecule has 0 radical (unpaired) electrons. The van der Waals surface area contributed by atoms with Gasteiger partial charge in [0.2, 0.25) is 0 Å². The summed E-state index contributed by atoms with van der Waals surface area (Å²) in [6.45, 7) is 2.19. The minimum atomic E-state index is -0.533. The van der Waals surface area contributed by atoms with Crippen LogP contribution in [0.25, 0.3) is 0 Å². The molecule has 0 aliphatic heterocycles. The van der Waals surface area contributed by atoms with E-state index in [2.05, 4.69) is 4.98 Å². The van der Waals surface area contributed by atoms with Gasteiger partial charge in [-0.1, -0.05) is 12.1 Å². The molecule has 7 nitrogen and oxygen atoms in total. The number of nitro groups is 1. The Morgan fingerprint density at radius 2 is 2.17 bits per heavy atom. The summed E-state index contributed by atoms with van der Waals surface area (Å²) in [6, 6.07) is 11.6. The quantitative estimate of drug-likeness (QED) is 0.601. The van der Waals surface area contributed by atoms with Crippen molar-refractivity contribution in [3.63, 3.8) is 0 Å². The average molecular weight is 324 g/mol. The normalized spacial score (nSPS) is 10.0. The van der Waals surface area contributed by atoms with E-state index in [4.69, 9.17) is 5.26 Å². The minimum Gasteiger partial charge on any atom is -0.332 e. The zero-order valence-corrected chi connectivity index (χ0v) is 13.2. The lowest BCUT2D eigenvalue weighted by atomic mass is 10.1. The van der Waals surface area contributed by atoms with E-state index in [9.17, 15) is 14.9 Å². The number of carbonyl (C=O) groups excluding carboxylic acids is 1. The van der Waals surface area contributed by atoms with Crippen LogP contribution in [0, 0.1) is 28.4 Å². The number of carbonyl (C=O) groups is 1. The van der Waals surface area contributed by atoms with E-state index >= 15 is 0 Å². The van der Waals surface area contributed by atoms with Crippen LogP contribution in [0.2, 0.25) is 0 Å². The number of aryl methyl sites for hydroxylation is 1. The Kier molecular flexibility index (Phi) is 5.58. The first-order valence-corrected chi connectivity index (χ1v) is 7.34. The van der Waals surface area contributed by atoms with Gasteiger partial charge < -0.3 is 4.90 Å². The van der Waals surface area contributed by atoms with Gasteiger partial charge in [0, 0.05) is 30.4 Å². The Balaban J connectivity index is 2.32. The fourth-order valence-corrected chi connectivity index (χ4v) is 2.25. The molecule has 1 heterocycles. The summed E-state index contributed by atoms with van der Waals surface area (Å²) in [7, 11) is 0. The van der Waals surface area contributed by atoms with Crippen LogP contribution in [0.1, 0.15) is 28.0 Å². The molecule has 0 bridgehead atoms. The fraction of sp³-hybridized carbons (Fsp3) is 0.235. The van der Waals surface area contributed by atoms with Gasteiger partial charge in [-0.05, 0) is 24.6 Å². The van der Waals surface area contributed by atoms with Crippen molar-refractivity contribution in [1.82, 2.24) is 9.88 Å². The van der Waals surface area contributed by atoms with Gasteiger partial charge in [0.05, 0.1) is 29.7 Å². The first-order chi connectivity index (χ1) is 11.5. The van der Waals surface area contributed by atoms with E-state index < -0.39 is 4.92 Å². The molecule has 122 valence electrons. The number of benzene rings is 1. The number of rotatable bonds is 6. The van der Waals surface area contributed by atoms with Crippen LogP contribution in [0.4, 0.5) is 5.69 Å². The van der Waals surface area contributed by atoms with Gasteiger partial charge in [-0.3, -0.25) is 19.9 Å². The van der Waals surface area contributed by atoms with E-state index in [1.165, 1.54) is 17.0 Å². The van der Waals surface area contributed by atoms with Gasteiger partial charge in [0.25, 0.3) is 11.6 Å². The predicted octanol–water partition coefficient (Wildman–Crippen LogP) is 2.85. The van der Waals surface area contributed by atoms with E-state index in [1.807, 2.05) is 12.1 Å². The van der Waals surface area contributed by atoms with Crippen molar-refractivity contribution in [2.45, 2.75) is 19.9 Å². The highest BCUT2D eigenvalue weighted by Gasteiger charge is 2.21. The molecule has 0 saturated heterocycles. The Bertz CT molecular complexity index is 784. The molecule has 2 aromatic rings. The second kappa shape index (κ2) is 7.83. The van der Waals surface area contributed by atoms with E-state index in [0.717, 1.165) is 0 Å². The second-order valence-electron chi connectivity index (χ2n) is 5.21. The molecule has 0 aliphatic rings. The van der Waals surface area contributed by atoms with E-state index in [0.29, 0.717) is 11.3 Å². The molecule has 0 N–H and O–H groups in total. The number of hydrogen-bond donors (Lipinski definition) is 0. The van der Waals surface area contributed by atoms with Gasteiger partial charge in [0.15, 0.2) is 0 Å². The number of nitro benzene ring substituents is 1. The molecule has 7 heteroatoms. The summed E-state index contributed by atoms with van der Waals surface area (Å²) in [4.78, 5) is 28.9. The highest BCUT2D eigenvalue weighted by Crippen LogP contribution is 2.20. The smallest absolute Gasteiger partial charge is 0.270 e. The fourth-order valence-electron chi connectivity index (χ4n) is 2.25. The third-order valence-corrected chi connectivity index (χ3v) is 3.52. The predicted molar refractivity (Wildman–Crippen MR) is 87.0 cm³/mol. The number of hydrogen-bond acceptors (Lipinski definition) is 5. The molecule has 2 rings (SSSR count). The summed E-state index contributed by atoms with van der Waals surface area (Å²) < 4.78 is 0. The first-order valence-electron chi connectivity index (χ1n) is 7.34. The molecule has 0 fully saturated rings. The monoisotopic (exact) mass is 324 g/mol. The van der Waals surface area contributed by atoms with Crippen LogP contribution in [0.15, 0.2) is 42.6 Å². The lowest BCUT2D eigenvalue weighted by Gasteiger charge is -2.22. The number of aromatic nitrogens is 1. The molecule has 1 aromatic carbocycles. The van der Waals surface area contributed by atoms with Gasteiger partial charge in [-0.2, -0.15) is 5.26 Å². The number of amides is 1. The van der Waals surface area contributed by atoms with Gasteiger partial charge >= 0.3 is 0 Å². The number of nitrogens with zero attached hydrogens (tertiary/aromatic N) is 4. The zero-order chi connectivity index (χ0) is 17.5. The van der Waals surface area contributed by atoms with Crippen LogP contribution in [0.3, 0.4) is 0 Å². The molecule has 0 unspecified atom stereocenters. The molecule has 0 atom stereocenters. The van der Waals surface area contributed by atoms with Crippen molar-refractivity contribution in [2.75, 3.05) is 6.54 Å². The molecule has 0 spiro atoms. The summed E-state index contributed by atoms with van der Waals surface area (Å²) in [6.07, 6.45) is 1.80. The summed E-state index contributed by atoms with van der Waals surface area (Å²) in [5, 5.41) is 19.8. The third-order valence-electron chi connectivity index (χ3n) is 3.52. The summed E-state index contributed by atoms with van der Waals surface area (Å²) in [5.74, 6) is -0.350. The maximum Gasteiger partial charge on any atom is 0.270 e. The van der Waals surface area contributed by atoms with Crippen molar-refractivity contribution in [3.05, 3.63) is 69.5 Å². The highest BCUT2D eigenvalue weighted by atomic mass is 16.6. The molecule has 0 aliphatic carbocycles. The van der Waals surface area contributed by atoms with Crippen LogP contribution >= 0.6 is 0 Å². The molecule has 0 saturated carbocycles. The minimum absolute atomic E-state index is 0.137. The van der Waals surface area contributed by atoms with Crippen molar-refractivity contribution < 1.29 is 9.72 Å². The van der Waals surface area contributed by atoms with Crippen LogP contribution in [-0.4, -0.2) is 27.3 Å². The Morgan fingerprint density at radius 3 is 2.79 bits per heavy atom.